The van der Waals surface area contributed by atoms with Gasteiger partial charge in [0, 0.05) is 18.3 Å². The van der Waals surface area contributed by atoms with E-state index >= 15 is 0 Å². The van der Waals surface area contributed by atoms with Crippen molar-refractivity contribution >= 4 is 5.97 Å². The Kier molecular flexibility index (Phi) is 5.12. The molecule has 0 aliphatic carbocycles. The number of aryl methyl sites for hydroxylation is 1. The average Bonchev–Trinajstić information content (AvgIpc) is 2.46. The molecule has 1 aromatic heterocycles. The lowest BCUT2D eigenvalue weighted by Crippen LogP contribution is -2.41. The fourth-order valence-electron chi connectivity index (χ4n) is 2.78. The Labute approximate surface area is 124 Å². The number of esters is 1. The summed E-state index contributed by atoms with van der Waals surface area (Å²) in [5, 5.41) is 0. The van der Waals surface area contributed by atoms with Crippen molar-refractivity contribution in [2.75, 3.05) is 19.7 Å². The zero-order valence-corrected chi connectivity index (χ0v) is 12.9. The average molecular weight is 293 g/mol. The van der Waals surface area contributed by atoms with Crippen molar-refractivity contribution < 1.29 is 9.53 Å². The van der Waals surface area contributed by atoms with Gasteiger partial charge in [-0.05, 0) is 40.2 Å². The van der Waals surface area contributed by atoms with Crippen LogP contribution < -0.4 is 5.56 Å². The molecule has 1 unspecified atom stereocenters. The maximum Gasteiger partial charge on any atom is 0.310 e. The number of carbonyl (C=O) groups is 1. The lowest BCUT2D eigenvalue weighted by molar-refractivity contribution is -0.150. The summed E-state index contributed by atoms with van der Waals surface area (Å²) in [4.78, 5) is 32.8. The number of hydrogen-bond acceptors (Lipinski definition) is 5. The monoisotopic (exact) mass is 293 g/mol. The first kappa shape index (κ1) is 15.7. The highest BCUT2D eigenvalue weighted by Gasteiger charge is 2.30. The molecule has 0 radical (unpaired) electrons. The summed E-state index contributed by atoms with van der Waals surface area (Å²) in [7, 11) is 0. The summed E-state index contributed by atoms with van der Waals surface area (Å²) in [6.07, 6.45) is 1.81. The van der Waals surface area contributed by atoms with E-state index in [2.05, 4.69) is 14.9 Å². The van der Waals surface area contributed by atoms with Crippen LogP contribution in [0.3, 0.4) is 0 Å². The van der Waals surface area contributed by atoms with Gasteiger partial charge in [-0.25, -0.2) is 4.98 Å². The van der Waals surface area contributed by atoms with Gasteiger partial charge in [0.25, 0.3) is 5.56 Å². The second-order valence-electron chi connectivity index (χ2n) is 5.53. The number of likely N-dealkylation sites (tertiary alicyclic amines) is 1. The van der Waals surface area contributed by atoms with Crippen LogP contribution in [0.4, 0.5) is 0 Å². The van der Waals surface area contributed by atoms with Gasteiger partial charge in [0.1, 0.15) is 5.82 Å². The third-order valence-corrected chi connectivity index (χ3v) is 3.90. The van der Waals surface area contributed by atoms with Crippen molar-refractivity contribution in [2.24, 2.45) is 5.92 Å². The molecule has 1 aliphatic rings. The highest BCUT2D eigenvalue weighted by molar-refractivity contribution is 5.72. The minimum absolute atomic E-state index is 0.0187. The van der Waals surface area contributed by atoms with Gasteiger partial charge in [0.15, 0.2) is 0 Å². The largest absolute Gasteiger partial charge is 0.466 e. The third-order valence-electron chi connectivity index (χ3n) is 3.90. The van der Waals surface area contributed by atoms with Crippen molar-refractivity contribution in [2.45, 2.75) is 39.7 Å². The molecule has 1 fully saturated rings. The van der Waals surface area contributed by atoms with E-state index in [1.807, 2.05) is 20.8 Å². The number of piperidine rings is 1. The lowest BCUT2D eigenvalue weighted by Gasteiger charge is -2.35. The smallest absolute Gasteiger partial charge is 0.310 e. The summed E-state index contributed by atoms with van der Waals surface area (Å²) >= 11 is 0. The van der Waals surface area contributed by atoms with Gasteiger partial charge < -0.3 is 9.72 Å². The summed E-state index contributed by atoms with van der Waals surface area (Å²) in [6, 6.07) is 1.46. The van der Waals surface area contributed by atoms with Crippen LogP contribution >= 0.6 is 0 Å². The molecular weight excluding hydrogens is 270 g/mol. The Balaban J connectivity index is 2.09. The van der Waals surface area contributed by atoms with Crippen molar-refractivity contribution in [3.05, 3.63) is 27.9 Å². The zero-order chi connectivity index (χ0) is 15.4. The first-order valence-corrected chi connectivity index (χ1v) is 7.49. The number of H-pyrrole nitrogens is 1. The molecule has 116 valence electrons. The van der Waals surface area contributed by atoms with Gasteiger partial charge in [-0.1, -0.05) is 0 Å². The quantitative estimate of drug-likeness (QED) is 0.850. The van der Waals surface area contributed by atoms with E-state index in [1.165, 1.54) is 6.07 Å². The molecule has 21 heavy (non-hydrogen) atoms. The maximum absolute atomic E-state index is 11.9. The number of hydrogen-bond donors (Lipinski definition) is 1. The van der Waals surface area contributed by atoms with Crippen LogP contribution in [0.2, 0.25) is 0 Å². The summed E-state index contributed by atoms with van der Waals surface area (Å²) < 4.78 is 5.11. The normalized spacial score (nSPS) is 21.0. The number of carbonyl (C=O) groups excluding carboxylic acids is 1. The predicted molar refractivity (Wildman–Crippen MR) is 78.9 cm³/mol. The molecule has 0 bridgehead atoms. The number of aromatic amines is 1. The molecule has 0 saturated carbocycles. The van der Waals surface area contributed by atoms with Crippen molar-refractivity contribution in [3.63, 3.8) is 0 Å². The van der Waals surface area contributed by atoms with E-state index in [1.54, 1.807) is 0 Å². The molecule has 6 heteroatoms. The third kappa shape index (κ3) is 3.91. The Morgan fingerprint density at radius 1 is 1.62 bits per heavy atom. The van der Waals surface area contributed by atoms with Crippen LogP contribution in [0.5, 0.6) is 0 Å². The number of ether oxygens (including phenoxy) is 1. The topological polar surface area (TPSA) is 75.3 Å². The number of rotatable bonds is 4. The number of nitrogens with one attached hydrogen (secondary N) is 1. The number of nitrogens with zero attached hydrogens (tertiary/aromatic N) is 2. The Bertz CT molecular complexity index is 555. The molecule has 0 spiro atoms. The van der Waals surface area contributed by atoms with Gasteiger partial charge in [-0.3, -0.25) is 14.5 Å². The summed E-state index contributed by atoms with van der Waals surface area (Å²) in [5.74, 6) is 0.447. The second-order valence-corrected chi connectivity index (χ2v) is 5.53. The highest BCUT2D eigenvalue weighted by Crippen LogP contribution is 2.25. The molecule has 1 saturated heterocycles. The van der Waals surface area contributed by atoms with Crippen LogP contribution in [0.1, 0.15) is 44.2 Å². The fraction of sp³-hybridized carbons (Fsp3) is 0.667. The molecule has 2 heterocycles. The van der Waals surface area contributed by atoms with Gasteiger partial charge >= 0.3 is 5.97 Å². The minimum Gasteiger partial charge on any atom is -0.466 e. The van der Waals surface area contributed by atoms with Crippen LogP contribution in [-0.4, -0.2) is 40.5 Å². The van der Waals surface area contributed by atoms with Crippen LogP contribution in [0, 0.1) is 12.8 Å². The minimum atomic E-state index is -0.136. The first-order valence-electron chi connectivity index (χ1n) is 7.49. The SMILES string of the molecule is CCOC(=O)[C@H]1CCCN(C(C)c2nc(C)cc(=O)[nH]2)C1. The van der Waals surface area contributed by atoms with Gasteiger partial charge in [-0.2, -0.15) is 0 Å². The molecule has 1 aromatic rings. The van der Waals surface area contributed by atoms with Crippen LogP contribution in [0.15, 0.2) is 10.9 Å². The van der Waals surface area contributed by atoms with E-state index in [4.69, 9.17) is 4.74 Å². The van der Waals surface area contributed by atoms with Gasteiger partial charge in [0.2, 0.25) is 0 Å². The molecule has 6 nitrogen and oxygen atoms in total. The molecular formula is C15H23N3O3. The van der Waals surface area contributed by atoms with E-state index < -0.39 is 0 Å². The molecule has 0 aromatic carbocycles. The van der Waals surface area contributed by atoms with Crippen molar-refractivity contribution in [3.8, 4) is 0 Å². The first-order chi connectivity index (χ1) is 10.0. The Morgan fingerprint density at radius 2 is 2.38 bits per heavy atom. The Hall–Kier alpha value is -1.69. The molecule has 2 rings (SSSR count). The fourth-order valence-corrected chi connectivity index (χ4v) is 2.78. The van der Waals surface area contributed by atoms with E-state index in [9.17, 15) is 9.59 Å². The van der Waals surface area contributed by atoms with E-state index in [0.717, 1.165) is 19.4 Å². The molecule has 1 aliphatic heterocycles. The van der Waals surface area contributed by atoms with Gasteiger partial charge in [-0.15, -0.1) is 0 Å². The summed E-state index contributed by atoms with van der Waals surface area (Å²) in [5.41, 5.74) is 0.572. The number of aromatic nitrogens is 2. The Morgan fingerprint density at radius 3 is 3.05 bits per heavy atom. The molecule has 0 amide bonds. The van der Waals surface area contributed by atoms with Gasteiger partial charge in [0.05, 0.1) is 18.6 Å². The van der Waals surface area contributed by atoms with Crippen molar-refractivity contribution in [1.82, 2.24) is 14.9 Å². The van der Waals surface area contributed by atoms with Crippen LogP contribution in [0.25, 0.3) is 0 Å². The highest BCUT2D eigenvalue weighted by atomic mass is 16.5. The second kappa shape index (κ2) is 6.85. The molecule has 1 N–H and O–H groups in total. The predicted octanol–water partition coefficient (Wildman–Crippen LogP) is 1.41. The van der Waals surface area contributed by atoms with E-state index in [0.29, 0.717) is 24.7 Å². The van der Waals surface area contributed by atoms with Crippen LogP contribution in [-0.2, 0) is 9.53 Å². The standard InChI is InChI=1S/C15H23N3O3/c1-4-21-15(20)12-6-5-7-18(9-12)11(3)14-16-10(2)8-13(19)17-14/h8,11-12H,4-7,9H2,1-3H3,(H,16,17,19)/t11?,12-/m0/s1. The van der Waals surface area contributed by atoms with E-state index in [-0.39, 0.29) is 23.5 Å². The maximum atomic E-state index is 11.9. The zero-order valence-electron chi connectivity index (χ0n) is 12.9. The lowest BCUT2D eigenvalue weighted by atomic mass is 9.97. The molecule has 2 atom stereocenters. The van der Waals surface area contributed by atoms with Crippen molar-refractivity contribution in [1.29, 1.82) is 0 Å². The summed E-state index contributed by atoms with van der Waals surface area (Å²) in [6.45, 7) is 7.60.